The quantitative estimate of drug-likeness (QED) is 0.712. The van der Waals surface area contributed by atoms with Gasteiger partial charge in [-0.05, 0) is 42.9 Å². The van der Waals surface area contributed by atoms with Crippen LogP contribution in [0.15, 0.2) is 42.5 Å². The Bertz CT molecular complexity index is 422. The Hall–Kier alpha value is -1.57. The smallest absolute Gasteiger partial charge is 0.156 e. The van der Waals surface area contributed by atoms with Crippen LogP contribution >= 0.6 is 0 Å². The minimum atomic E-state index is 0.0871. The van der Waals surface area contributed by atoms with E-state index in [1.807, 2.05) is 30.3 Å². The second-order valence-electron chi connectivity index (χ2n) is 5.25. The molecule has 0 fully saturated rings. The van der Waals surface area contributed by atoms with Crippen LogP contribution in [0, 0.1) is 5.41 Å². The van der Waals surface area contributed by atoms with Gasteiger partial charge < -0.3 is 4.74 Å². The van der Waals surface area contributed by atoms with Gasteiger partial charge in [-0.25, -0.2) is 0 Å². The van der Waals surface area contributed by atoms with Gasteiger partial charge in [-0.2, -0.15) is 0 Å². The van der Waals surface area contributed by atoms with E-state index in [2.05, 4.69) is 13.0 Å². The molecule has 2 nitrogen and oxygen atoms in total. The summed E-state index contributed by atoms with van der Waals surface area (Å²) in [5, 5.41) is 0. The molecular formula is C16H20O2. The largest absolute Gasteiger partial charge is 0.494 e. The van der Waals surface area contributed by atoms with E-state index in [0.29, 0.717) is 6.42 Å². The second-order valence-corrected chi connectivity index (χ2v) is 5.25. The fourth-order valence-electron chi connectivity index (χ4n) is 2.32. The van der Waals surface area contributed by atoms with Gasteiger partial charge in [-0.3, -0.25) is 4.79 Å². The topological polar surface area (TPSA) is 26.3 Å². The van der Waals surface area contributed by atoms with Crippen molar-refractivity contribution in [2.45, 2.75) is 32.6 Å². The van der Waals surface area contributed by atoms with Crippen molar-refractivity contribution in [2.24, 2.45) is 5.41 Å². The molecule has 0 amide bonds. The lowest BCUT2D eigenvalue weighted by Gasteiger charge is -2.20. The van der Waals surface area contributed by atoms with Crippen molar-refractivity contribution in [2.75, 3.05) is 6.61 Å². The second kappa shape index (κ2) is 5.85. The number of hydrogen-bond acceptors (Lipinski definition) is 2. The fraction of sp³-hybridized carbons (Fsp3) is 0.438. The van der Waals surface area contributed by atoms with Gasteiger partial charge >= 0.3 is 0 Å². The van der Waals surface area contributed by atoms with Crippen LogP contribution in [0.5, 0.6) is 5.75 Å². The number of hydrogen-bond donors (Lipinski definition) is 0. The number of allylic oxidation sites excluding steroid dienone is 2. The molecular weight excluding hydrogens is 224 g/mol. The lowest BCUT2D eigenvalue weighted by atomic mass is 9.84. The van der Waals surface area contributed by atoms with E-state index < -0.39 is 0 Å². The van der Waals surface area contributed by atoms with Crippen LogP contribution < -0.4 is 4.74 Å². The number of benzene rings is 1. The molecule has 0 aliphatic heterocycles. The first-order chi connectivity index (χ1) is 8.68. The zero-order valence-electron chi connectivity index (χ0n) is 10.9. The van der Waals surface area contributed by atoms with Crippen LogP contribution in [0.1, 0.15) is 32.6 Å². The number of para-hydroxylation sites is 1. The van der Waals surface area contributed by atoms with Gasteiger partial charge in [0, 0.05) is 6.42 Å². The van der Waals surface area contributed by atoms with E-state index in [4.69, 9.17) is 4.74 Å². The number of ketones is 1. The van der Waals surface area contributed by atoms with Crippen LogP contribution in [0.2, 0.25) is 0 Å². The third-order valence-corrected chi connectivity index (χ3v) is 3.40. The van der Waals surface area contributed by atoms with Crippen LogP contribution in [-0.2, 0) is 4.79 Å². The van der Waals surface area contributed by atoms with Crippen molar-refractivity contribution in [1.82, 2.24) is 0 Å². The standard InChI is InChI=1S/C16H20O2/c1-16(11-9-14(17)13-16)10-5-6-12-18-15-7-3-2-4-8-15/h2-4,7-9,11H,5-6,10,12-13H2,1H3. The zero-order valence-corrected chi connectivity index (χ0v) is 10.9. The summed E-state index contributed by atoms with van der Waals surface area (Å²) >= 11 is 0. The molecule has 0 bridgehead atoms. The third-order valence-electron chi connectivity index (χ3n) is 3.40. The maximum absolute atomic E-state index is 11.2. The van der Waals surface area contributed by atoms with E-state index in [1.165, 1.54) is 0 Å². The van der Waals surface area contributed by atoms with Crippen LogP contribution in [0.4, 0.5) is 0 Å². The lowest BCUT2D eigenvalue weighted by molar-refractivity contribution is -0.115. The molecule has 1 atom stereocenters. The fourth-order valence-corrected chi connectivity index (χ4v) is 2.32. The van der Waals surface area contributed by atoms with Gasteiger partial charge in [0.15, 0.2) is 5.78 Å². The molecule has 1 unspecified atom stereocenters. The number of carbonyl (C=O) groups excluding carboxylic acids is 1. The van der Waals surface area contributed by atoms with Gasteiger partial charge in [0.25, 0.3) is 0 Å². The van der Waals surface area contributed by atoms with Gasteiger partial charge in [0.1, 0.15) is 5.75 Å². The number of unbranched alkanes of at least 4 members (excludes halogenated alkanes) is 1. The van der Waals surface area contributed by atoms with Crippen molar-refractivity contribution in [3.05, 3.63) is 42.5 Å². The van der Waals surface area contributed by atoms with Crippen molar-refractivity contribution >= 4 is 5.78 Å². The van der Waals surface area contributed by atoms with Gasteiger partial charge in [-0.1, -0.05) is 31.2 Å². The summed E-state index contributed by atoms with van der Waals surface area (Å²) in [6, 6.07) is 9.88. The Labute approximate surface area is 109 Å². The molecule has 0 saturated carbocycles. The Morgan fingerprint density at radius 2 is 2.00 bits per heavy atom. The molecule has 0 saturated heterocycles. The monoisotopic (exact) mass is 244 g/mol. The third kappa shape index (κ3) is 3.73. The molecule has 1 aromatic rings. The summed E-state index contributed by atoms with van der Waals surface area (Å²) in [5.41, 5.74) is 0.0871. The maximum atomic E-state index is 11.2. The highest BCUT2D eigenvalue weighted by Crippen LogP contribution is 2.34. The first-order valence-electron chi connectivity index (χ1n) is 6.58. The normalized spacial score (nSPS) is 22.4. The van der Waals surface area contributed by atoms with Crippen LogP contribution in [-0.4, -0.2) is 12.4 Å². The first kappa shape index (κ1) is 12.9. The molecule has 2 heteroatoms. The molecule has 1 aliphatic rings. The van der Waals surface area contributed by atoms with Crippen molar-refractivity contribution < 1.29 is 9.53 Å². The van der Waals surface area contributed by atoms with Gasteiger partial charge in [-0.15, -0.1) is 0 Å². The summed E-state index contributed by atoms with van der Waals surface area (Å²) in [5.74, 6) is 1.19. The average Bonchev–Trinajstić information content (AvgIpc) is 2.70. The number of ether oxygens (including phenoxy) is 1. The highest BCUT2D eigenvalue weighted by atomic mass is 16.5. The predicted octanol–water partition coefficient (Wildman–Crippen LogP) is 3.77. The Balaban J connectivity index is 1.62. The molecule has 0 aromatic heterocycles. The minimum Gasteiger partial charge on any atom is -0.494 e. The lowest BCUT2D eigenvalue weighted by Crippen LogP contribution is -2.12. The maximum Gasteiger partial charge on any atom is 0.156 e. The summed E-state index contributed by atoms with van der Waals surface area (Å²) in [4.78, 5) is 11.2. The van der Waals surface area contributed by atoms with E-state index in [9.17, 15) is 4.79 Å². The van der Waals surface area contributed by atoms with E-state index in [1.54, 1.807) is 6.08 Å². The molecule has 18 heavy (non-hydrogen) atoms. The predicted molar refractivity (Wildman–Crippen MR) is 72.7 cm³/mol. The highest BCUT2D eigenvalue weighted by Gasteiger charge is 2.27. The molecule has 1 aliphatic carbocycles. The Kier molecular flexibility index (Phi) is 4.19. The van der Waals surface area contributed by atoms with Crippen LogP contribution in [0.25, 0.3) is 0 Å². The van der Waals surface area contributed by atoms with Gasteiger partial charge in [0.2, 0.25) is 0 Å². The van der Waals surface area contributed by atoms with E-state index >= 15 is 0 Å². The molecule has 2 rings (SSSR count). The zero-order chi connectivity index (χ0) is 12.8. The number of carbonyl (C=O) groups is 1. The van der Waals surface area contributed by atoms with Crippen molar-refractivity contribution in [3.63, 3.8) is 0 Å². The molecule has 0 N–H and O–H groups in total. The molecule has 0 heterocycles. The van der Waals surface area contributed by atoms with Crippen LogP contribution in [0.3, 0.4) is 0 Å². The van der Waals surface area contributed by atoms with Crippen molar-refractivity contribution in [1.29, 1.82) is 0 Å². The van der Waals surface area contributed by atoms with Crippen molar-refractivity contribution in [3.8, 4) is 5.75 Å². The molecule has 0 spiro atoms. The summed E-state index contributed by atoms with van der Waals surface area (Å²) in [7, 11) is 0. The molecule has 96 valence electrons. The Morgan fingerprint density at radius 3 is 2.67 bits per heavy atom. The summed E-state index contributed by atoms with van der Waals surface area (Å²) in [6.45, 7) is 2.91. The molecule has 1 aromatic carbocycles. The average molecular weight is 244 g/mol. The summed E-state index contributed by atoms with van der Waals surface area (Å²) in [6.07, 6.45) is 7.65. The van der Waals surface area contributed by atoms with Gasteiger partial charge in [0.05, 0.1) is 6.61 Å². The van der Waals surface area contributed by atoms with E-state index in [0.717, 1.165) is 31.6 Å². The number of rotatable bonds is 6. The highest BCUT2D eigenvalue weighted by molar-refractivity contribution is 5.92. The first-order valence-corrected chi connectivity index (χ1v) is 6.58. The minimum absolute atomic E-state index is 0.0871. The Morgan fingerprint density at radius 1 is 1.22 bits per heavy atom. The van der Waals surface area contributed by atoms with E-state index in [-0.39, 0.29) is 11.2 Å². The molecule has 0 radical (unpaired) electrons. The summed E-state index contributed by atoms with van der Waals surface area (Å²) < 4.78 is 5.64. The SMILES string of the molecule is CC1(CCCCOc2ccccc2)C=CC(=O)C1.